The highest BCUT2D eigenvalue weighted by molar-refractivity contribution is 5.77. The Labute approximate surface area is 116 Å². The molecular formula is C15H27N3O. The van der Waals surface area contributed by atoms with Gasteiger partial charge in [0.05, 0.1) is 0 Å². The second kappa shape index (κ2) is 6.23. The molecule has 0 aliphatic carbocycles. The van der Waals surface area contributed by atoms with Gasteiger partial charge in [-0.1, -0.05) is 0 Å². The molecule has 0 bridgehead atoms. The first-order valence-corrected chi connectivity index (χ1v) is 8.08. The molecule has 108 valence electrons. The van der Waals surface area contributed by atoms with Crippen molar-refractivity contribution in [2.45, 2.75) is 57.0 Å². The van der Waals surface area contributed by atoms with Gasteiger partial charge in [-0.25, -0.2) is 0 Å². The van der Waals surface area contributed by atoms with Crippen LogP contribution in [-0.4, -0.2) is 60.5 Å². The van der Waals surface area contributed by atoms with E-state index in [4.69, 9.17) is 0 Å². The summed E-state index contributed by atoms with van der Waals surface area (Å²) in [6.07, 6.45) is 8.21. The molecule has 3 aliphatic heterocycles. The third kappa shape index (κ3) is 3.29. The lowest BCUT2D eigenvalue weighted by atomic mass is 10.1. The number of nitrogens with zero attached hydrogens (tertiary/aromatic N) is 2. The van der Waals surface area contributed by atoms with Gasteiger partial charge in [-0.05, 0) is 58.2 Å². The molecule has 4 heteroatoms. The van der Waals surface area contributed by atoms with Gasteiger partial charge < -0.3 is 15.1 Å². The van der Waals surface area contributed by atoms with Crippen molar-refractivity contribution in [3.05, 3.63) is 0 Å². The van der Waals surface area contributed by atoms with Crippen LogP contribution >= 0.6 is 0 Å². The van der Waals surface area contributed by atoms with Gasteiger partial charge in [0, 0.05) is 31.6 Å². The molecule has 3 saturated heterocycles. The maximum atomic E-state index is 12.5. The Bertz CT molecular complexity index is 309. The van der Waals surface area contributed by atoms with E-state index in [0.717, 1.165) is 26.1 Å². The maximum absolute atomic E-state index is 12.5. The van der Waals surface area contributed by atoms with Crippen molar-refractivity contribution in [1.82, 2.24) is 15.1 Å². The smallest absolute Gasteiger partial charge is 0.224 e. The van der Waals surface area contributed by atoms with E-state index in [2.05, 4.69) is 15.1 Å². The van der Waals surface area contributed by atoms with Crippen LogP contribution in [-0.2, 0) is 4.79 Å². The normalized spacial score (nSPS) is 32.3. The SMILES string of the molecule is O=C(CC1CCCN1)N1CCCC1CN1CCCC1. The number of likely N-dealkylation sites (tertiary alicyclic amines) is 2. The zero-order chi connectivity index (χ0) is 13.1. The number of rotatable bonds is 4. The predicted molar refractivity (Wildman–Crippen MR) is 76.1 cm³/mol. The van der Waals surface area contributed by atoms with Crippen LogP contribution in [0.25, 0.3) is 0 Å². The van der Waals surface area contributed by atoms with Crippen LogP contribution in [0.3, 0.4) is 0 Å². The lowest BCUT2D eigenvalue weighted by molar-refractivity contribution is -0.132. The maximum Gasteiger partial charge on any atom is 0.224 e. The van der Waals surface area contributed by atoms with Crippen LogP contribution in [0.1, 0.15) is 44.9 Å². The Kier molecular flexibility index (Phi) is 4.38. The Hall–Kier alpha value is -0.610. The molecule has 1 N–H and O–H groups in total. The molecule has 0 aromatic carbocycles. The van der Waals surface area contributed by atoms with Gasteiger partial charge in [0.1, 0.15) is 0 Å². The molecule has 0 radical (unpaired) electrons. The summed E-state index contributed by atoms with van der Waals surface area (Å²) < 4.78 is 0. The van der Waals surface area contributed by atoms with Crippen molar-refractivity contribution >= 4 is 5.91 Å². The predicted octanol–water partition coefficient (Wildman–Crippen LogP) is 1.22. The summed E-state index contributed by atoms with van der Waals surface area (Å²) in [4.78, 5) is 17.2. The summed E-state index contributed by atoms with van der Waals surface area (Å²) in [6.45, 7) is 5.68. The first-order chi connectivity index (χ1) is 9.33. The van der Waals surface area contributed by atoms with Crippen LogP contribution in [0, 0.1) is 0 Å². The molecule has 3 rings (SSSR count). The van der Waals surface area contributed by atoms with E-state index in [1.54, 1.807) is 0 Å². The van der Waals surface area contributed by atoms with E-state index in [1.165, 1.54) is 51.6 Å². The fourth-order valence-electron chi connectivity index (χ4n) is 3.88. The summed E-state index contributed by atoms with van der Waals surface area (Å²) in [6, 6.07) is 0.938. The lowest BCUT2D eigenvalue weighted by Crippen LogP contribution is -2.44. The third-order valence-corrected chi connectivity index (χ3v) is 4.95. The van der Waals surface area contributed by atoms with Gasteiger partial charge in [0.2, 0.25) is 5.91 Å². The molecule has 0 aromatic heterocycles. The molecule has 1 amide bonds. The van der Waals surface area contributed by atoms with Crippen molar-refractivity contribution in [3.63, 3.8) is 0 Å². The molecular weight excluding hydrogens is 238 g/mol. The second-order valence-electron chi connectivity index (χ2n) is 6.39. The average Bonchev–Trinajstić information content (AvgIpc) is 3.10. The summed E-state index contributed by atoms with van der Waals surface area (Å²) in [7, 11) is 0. The fourth-order valence-corrected chi connectivity index (χ4v) is 3.88. The highest BCUT2D eigenvalue weighted by Crippen LogP contribution is 2.22. The van der Waals surface area contributed by atoms with E-state index in [9.17, 15) is 4.79 Å². The van der Waals surface area contributed by atoms with Crippen LogP contribution in [0.15, 0.2) is 0 Å². The quantitative estimate of drug-likeness (QED) is 0.830. The zero-order valence-corrected chi connectivity index (χ0v) is 11.9. The first-order valence-electron chi connectivity index (χ1n) is 8.08. The standard InChI is InChI=1S/C15H27N3O/c19-15(11-13-5-3-7-16-13)18-10-4-6-14(18)12-17-8-1-2-9-17/h13-14,16H,1-12H2. The third-order valence-electron chi connectivity index (χ3n) is 4.95. The Morgan fingerprint density at radius 2 is 1.89 bits per heavy atom. The van der Waals surface area contributed by atoms with Crippen molar-refractivity contribution in [2.75, 3.05) is 32.7 Å². The summed E-state index contributed by atoms with van der Waals surface area (Å²) in [5, 5.41) is 3.44. The van der Waals surface area contributed by atoms with E-state index < -0.39 is 0 Å². The van der Waals surface area contributed by atoms with Gasteiger partial charge in [-0.2, -0.15) is 0 Å². The van der Waals surface area contributed by atoms with Crippen LogP contribution in [0.5, 0.6) is 0 Å². The molecule has 4 nitrogen and oxygen atoms in total. The molecule has 19 heavy (non-hydrogen) atoms. The highest BCUT2D eigenvalue weighted by atomic mass is 16.2. The van der Waals surface area contributed by atoms with Gasteiger partial charge >= 0.3 is 0 Å². The Morgan fingerprint density at radius 1 is 1.05 bits per heavy atom. The lowest BCUT2D eigenvalue weighted by Gasteiger charge is -2.29. The molecule has 3 heterocycles. The van der Waals surface area contributed by atoms with Crippen LogP contribution in [0.4, 0.5) is 0 Å². The van der Waals surface area contributed by atoms with Gasteiger partial charge in [0.15, 0.2) is 0 Å². The molecule has 2 atom stereocenters. The van der Waals surface area contributed by atoms with Crippen molar-refractivity contribution in [1.29, 1.82) is 0 Å². The monoisotopic (exact) mass is 265 g/mol. The fraction of sp³-hybridized carbons (Fsp3) is 0.933. The minimum atomic E-state index is 0.390. The molecule has 0 aromatic rings. The average molecular weight is 265 g/mol. The zero-order valence-electron chi connectivity index (χ0n) is 11.9. The highest BCUT2D eigenvalue weighted by Gasteiger charge is 2.32. The van der Waals surface area contributed by atoms with Crippen molar-refractivity contribution in [2.24, 2.45) is 0 Å². The number of carbonyl (C=O) groups excluding carboxylic acids is 1. The molecule has 0 saturated carbocycles. The second-order valence-corrected chi connectivity index (χ2v) is 6.39. The molecule has 2 unspecified atom stereocenters. The first kappa shape index (κ1) is 13.4. The number of nitrogens with one attached hydrogen (secondary N) is 1. The minimum absolute atomic E-state index is 0.390. The summed E-state index contributed by atoms with van der Waals surface area (Å²) in [5.74, 6) is 0.390. The topological polar surface area (TPSA) is 35.6 Å². The van der Waals surface area contributed by atoms with Gasteiger partial charge in [-0.15, -0.1) is 0 Å². The van der Waals surface area contributed by atoms with E-state index in [0.29, 0.717) is 18.0 Å². The van der Waals surface area contributed by atoms with E-state index >= 15 is 0 Å². The van der Waals surface area contributed by atoms with Gasteiger partial charge in [0.25, 0.3) is 0 Å². The number of hydrogen-bond acceptors (Lipinski definition) is 3. The molecule has 0 spiro atoms. The van der Waals surface area contributed by atoms with E-state index in [1.807, 2.05) is 0 Å². The number of hydrogen-bond donors (Lipinski definition) is 1. The number of carbonyl (C=O) groups is 1. The van der Waals surface area contributed by atoms with Crippen molar-refractivity contribution in [3.8, 4) is 0 Å². The van der Waals surface area contributed by atoms with Crippen molar-refractivity contribution < 1.29 is 4.79 Å². The largest absolute Gasteiger partial charge is 0.338 e. The summed E-state index contributed by atoms with van der Waals surface area (Å²) in [5.41, 5.74) is 0. The Morgan fingerprint density at radius 3 is 2.63 bits per heavy atom. The molecule has 3 aliphatic rings. The molecule has 3 fully saturated rings. The van der Waals surface area contributed by atoms with E-state index in [-0.39, 0.29) is 0 Å². The van der Waals surface area contributed by atoms with Crippen LogP contribution < -0.4 is 5.32 Å². The minimum Gasteiger partial charge on any atom is -0.338 e. The number of amides is 1. The summed E-state index contributed by atoms with van der Waals surface area (Å²) >= 11 is 0. The van der Waals surface area contributed by atoms with Gasteiger partial charge in [-0.3, -0.25) is 4.79 Å². The van der Waals surface area contributed by atoms with Crippen LogP contribution in [0.2, 0.25) is 0 Å². The Balaban J connectivity index is 1.51.